The van der Waals surface area contributed by atoms with Crippen LogP contribution in [-0.2, 0) is 20.8 Å². The molecular formula is C27H33FN4O5S. The Hall–Kier alpha value is -3.31. The Balaban J connectivity index is 1.66. The highest BCUT2D eigenvalue weighted by molar-refractivity contribution is 7.99. The number of thioether (sulfide) groups is 1. The van der Waals surface area contributed by atoms with Crippen LogP contribution >= 0.6 is 11.8 Å². The van der Waals surface area contributed by atoms with Crippen LogP contribution in [0.25, 0.3) is 0 Å². The lowest BCUT2D eigenvalue weighted by atomic mass is 9.91. The standard InChI is InChI=1S/C27H33FN4O5S/c1-27(2,3)37-26(34)30-21-15-38-23-13-20(28)19(24(29)31-35)12-22(23)32(25(21)33)14-16-4-6-17(7-5-16)18-8-10-36-11-9-18/h4-7,12-13,18,21,35H,8-11,14-15H2,1-3H3,(H2,29,31)(H,30,34)/t21-/m0/s1. The van der Waals surface area contributed by atoms with Crippen LogP contribution in [0, 0.1) is 5.82 Å². The number of alkyl carbamates (subject to hydrolysis) is 1. The number of nitrogens with zero attached hydrogens (tertiary/aromatic N) is 2. The molecule has 1 saturated heterocycles. The lowest BCUT2D eigenvalue weighted by Gasteiger charge is -2.28. The second-order valence-corrected chi connectivity index (χ2v) is 11.4. The van der Waals surface area contributed by atoms with Gasteiger partial charge in [-0.2, -0.15) is 0 Å². The van der Waals surface area contributed by atoms with Gasteiger partial charge in [0, 0.05) is 23.9 Å². The number of rotatable bonds is 5. The van der Waals surface area contributed by atoms with Crippen molar-refractivity contribution in [2.24, 2.45) is 10.9 Å². The van der Waals surface area contributed by atoms with Crippen molar-refractivity contribution in [2.45, 2.75) is 62.6 Å². The van der Waals surface area contributed by atoms with E-state index in [0.717, 1.165) is 31.6 Å². The van der Waals surface area contributed by atoms with Gasteiger partial charge in [-0.3, -0.25) is 4.79 Å². The van der Waals surface area contributed by atoms with Gasteiger partial charge >= 0.3 is 6.09 Å². The fraction of sp³-hybridized carbons (Fsp3) is 0.444. The van der Waals surface area contributed by atoms with Gasteiger partial charge in [0.2, 0.25) is 0 Å². The molecular weight excluding hydrogens is 511 g/mol. The molecule has 1 atom stereocenters. The summed E-state index contributed by atoms with van der Waals surface area (Å²) in [7, 11) is 0. The number of oxime groups is 1. The smallest absolute Gasteiger partial charge is 0.408 e. The summed E-state index contributed by atoms with van der Waals surface area (Å²) in [6.45, 7) is 6.87. The molecule has 2 aliphatic rings. The molecule has 11 heteroatoms. The van der Waals surface area contributed by atoms with Gasteiger partial charge in [0.25, 0.3) is 5.91 Å². The molecule has 0 saturated carbocycles. The molecule has 0 aromatic heterocycles. The summed E-state index contributed by atoms with van der Waals surface area (Å²) >= 11 is 1.23. The van der Waals surface area contributed by atoms with E-state index in [1.54, 1.807) is 20.8 Å². The van der Waals surface area contributed by atoms with Crippen LogP contribution in [0.15, 0.2) is 46.4 Å². The van der Waals surface area contributed by atoms with Crippen LogP contribution in [0.4, 0.5) is 14.9 Å². The SMILES string of the molecule is CC(C)(C)OC(=O)N[C@H]1CSc2cc(F)c(/C(N)=N/O)cc2N(Cc2ccc(C3CCOCC3)cc2)C1=O. The third-order valence-electron chi connectivity index (χ3n) is 6.40. The highest BCUT2D eigenvalue weighted by atomic mass is 32.2. The molecule has 0 bridgehead atoms. The van der Waals surface area contributed by atoms with E-state index in [4.69, 9.17) is 20.4 Å². The van der Waals surface area contributed by atoms with Crippen LogP contribution in [0.5, 0.6) is 0 Å². The van der Waals surface area contributed by atoms with E-state index in [1.807, 2.05) is 12.1 Å². The predicted octanol–water partition coefficient (Wildman–Crippen LogP) is 4.35. The minimum atomic E-state index is -0.917. The number of carbonyl (C=O) groups is 2. The molecule has 2 aliphatic heterocycles. The number of amides is 2. The van der Waals surface area contributed by atoms with E-state index < -0.39 is 29.4 Å². The first-order chi connectivity index (χ1) is 18.1. The average molecular weight is 545 g/mol. The number of hydrogen-bond acceptors (Lipinski definition) is 7. The maximum atomic E-state index is 14.8. The first kappa shape index (κ1) is 27.7. The van der Waals surface area contributed by atoms with E-state index in [2.05, 4.69) is 22.6 Å². The fourth-order valence-corrected chi connectivity index (χ4v) is 5.57. The number of hydrogen-bond donors (Lipinski definition) is 3. The monoisotopic (exact) mass is 544 g/mol. The predicted molar refractivity (Wildman–Crippen MR) is 143 cm³/mol. The average Bonchev–Trinajstić information content (AvgIpc) is 2.99. The van der Waals surface area contributed by atoms with Crippen molar-refractivity contribution in [3.8, 4) is 0 Å². The molecule has 9 nitrogen and oxygen atoms in total. The molecule has 0 unspecified atom stereocenters. The Bertz CT molecular complexity index is 1210. The quantitative estimate of drug-likeness (QED) is 0.221. The first-order valence-electron chi connectivity index (χ1n) is 12.5. The van der Waals surface area contributed by atoms with Gasteiger partial charge in [-0.1, -0.05) is 29.4 Å². The Morgan fingerprint density at radius 1 is 1.26 bits per heavy atom. The minimum absolute atomic E-state index is 0.127. The van der Waals surface area contributed by atoms with Gasteiger partial charge in [0.05, 0.1) is 17.8 Å². The largest absolute Gasteiger partial charge is 0.444 e. The number of nitrogens with two attached hydrogens (primary N) is 1. The molecule has 2 aromatic carbocycles. The van der Waals surface area contributed by atoms with E-state index >= 15 is 0 Å². The zero-order chi connectivity index (χ0) is 27.4. The normalized spacial score (nSPS) is 19.1. The van der Waals surface area contributed by atoms with Crippen LogP contribution < -0.4 is 16.0 Å². The molecule has 2 aromatic rings. The Labute approximate surface area is 225 Å². The fourth-order valence-electron chi connectivity index (χ4n) is 4.50. The second-order valence-electron chi connectivity index (χ2n) is 10.3. The van der Waals surface area contributed by atoms with Crippen LogP contribution in [0.1, 0.15) is 56.2 Å². The van der Waals surface area contributed by atoms with Crippen molar-refractivity contribution < 1.29 is 28.7 Å². The third kappa shape index (κ3) is 6.57. The number of nitrogens with one attached hydrogen (secondary N) is 1. The maximum absolute atomic E-state index is 14.8. The van der Waals surface area contributed by atoms with E-state index in [1.165, 1.54) is 34.4 Å². The molecule has 204 valence electrons. The summed E-state index contributed by atoms with van der Waals surface area (Å²) < 4.78 is 25.6. The highest BCUT2D eigenvalue weighted by Gasteiger charge is 2.34. The maximum Gasteiger partial charge on any atom is 0.408 e. The van der Waals surface area contributed by atoms with Crippen molar-refractivity contribution in [2.75, 3.05) is 23.9 Å². The minimum Gasteiger partial charge on any atom is -0.444 e. The van der Waals surface area contributed by atoms with Crippen LogP contribution in [-0.4, -0.2) is 53.7 Å². The number of anilines is 1. The van der Waals surface area contributed by atoms with Crippen LogP contribution in [0.3, 0.4) is 0 Å². The Kier molecular flexibility index (Phi) is 8.47. The van der Waals surface area contributed by atoms with Crippen molar-refractivity contribution >= 4 is 35.3 Å². The summed E-state index contributed by atoms with van der Waals surface area (Å²) in [4.78, 5) is 28.3. The molecule has 0 aliphatic carbocycles. The summed E-state index contributed by atoms with van der Waals surface area (Å²) in [5.74, 6) is -0.863. The molecule has 4 rings (SSSR count). The van der Waals surface area contributed by atoms with E-state index in [-0.39, 0.29) is 23.8 Å². The summed E-state index contributed by atoms with van der Waals surface area (Å²) in [5.41, 5.74) is 7.33. The topological polar surface area (TPSA) is 126 Å². The summed E-state index contributed by atoms with van der Waals surface area (Å²) in [5, 5.41) is 14.7. The third-order valence-corrected chi connectivity index (χ3v) is 7.53. The summed E-state index contributed by atoms with van der Waals surface area (Å²) in [6.07, 6.45) is 1.22. The van der Waals surface area contributed by atoms with E-state index in [0.29, 0.717) is 16.5 Å². The van der Waals surface area contributed by atoms with Crippen molar-refractivity contribution in [3.05, 3.63) is 58.9 Å². The zero-order valence-corrected chi connectivity index (χ0v) is 22.5. The van der Waals surface area contributed by atoms with Crippen molar-refractivity contribution in [1.29, 1.82) is 0 Å². The molecule has 0 spiro atoms. The number of fused-ring (bicyclic) bond motifs is 1. The Morgan fingerprint density at radius 2 is 1.95 bits per heavy atom. The van der Waals surface area contributed by atoms with Crippen molar-refractivity contribution in [3.63, 3.8) is 0 Å². The van der Waals surface area contributed by atoms with E-state index in [9.17, 15) is 14.0 Å². The number of amidine groups is 1. The van der Waals surface area contributed by atoms with Gasteiger partial charge in [0.15, 0.2) is 5.84 Å². The lowest BCUT2D eigenvalue weighted by molar-refractivity contribution is -0.120. The Morgan fingerprint density at radius 3 is 2.58 bits per heavy atom. The number of ether oxygens (including phenoxy) is 2. The molecule has 0 radical (unpaired) electrons. The van der Waals surface area contributed by atoms with Gasteiger partial charge in [-0.15, -0.1) is 11.8 Å². The molecule has 4 N–H and O–H groups in total. The molecule has 38 heavy (non-hydrogen) atoms. The first-order valence-corrected chi connectivity index (χ1v) is 13.5. The lowest BCUT2D eigenvalue weighted by Crippen LogP contribution is -2.50. The number of halogens is 1. The molecule has 1 fully saturated rings. The van der Waals surface area contributed by atoms with Gasteiger partial charge < -0.3 is 30.6 Å². The van der Waals surface area contributed by atoms with Crippen molar-refractivity contribution in [1.82, 2.24) is 5.32 Å². The molecule has 2 heterocycles. The highest BCUT2D eigenvalue weighted by Crippen LogP contribution is 2.37. The van der Waals surface area contributed by atoms with Gasteiger partial charge in [-0.25, -0.2) is 9.18 Å². The molecule has 2 amide bonds. The van der Waals surface area contributed by atoms with Gasteiger partial charge in [-0.05, 0) is 62.8 Å². The zero-order valence-electron chi connectivity index (χ0n) is 21.7. The van der Waals surface area contributed by atoms with Gasteiger partial charge in [0.1, 0.15) is 17.5 Å². The number of benzene rings is 2. The summed E-state index contributed by atoms with van der Waals surface area (Å²) in [6, 6.07) is 9.81. The second kappa shape index (κ2) is 11.6. The van der Waals surface area contributed by atoms with Crippen LogP contribution in [0.2, 0.25) is 0 Å². The number of carbonyl (C=O) groups excluding carboxylic acids is 2.